The standard InChI is InChI=1S/C15H17N/c1-2-11-10-16-14-9-4-3-8-13(14)15(11)12-6-5-7-12/h3-4,8-10,12H,2,5-7H2,1H3. The summed E-state index contributed by atoms with van der Waals surface area (Å²) in [4.78, 5) is 4.55. The van der Waals surface area contributed by atoms with Crippen LogP contribution in [-0.2, 0) is 6.42 Å². The maximum atomic E-state index is 4.55. The topological polar surface area (TPSA) is 12.9 Å². The van der Waals surface area contributed by atoms with E-state index in [1.807, 2.05) is 0 Å². The number of aromatic nitrogens is 1. The Labute approximate surface area is 96.5 Å². The van der Waals surface area contributed by atoms with Gasteiger partial charge in [-0.25, -0.2) is 0 Å². The maximum absolute atomic E-state index is 4.55. The lowest BCUT2D eigenvalue weighted by Crippen LogP contribution is -2.12. The molecule has 1 saturated carbocycles. The van der Waals surface area contributed by atoms with Gasteiger partial charge in [-0.2, -0.15) is 0 Å². The van der Waals surface area contributed by atoms with Crippen molar-refractivity contribution in [3.8, 4) is 0 Å². The fourth-order valence-corrected chi connectivity index (χ4v) is 2.66. The van der Waals surface area contributed by atoms with Gasteiger partial charge in [-0.1, -0.05) is 31.5 Å². The predicted molar refractivity (Wildman–Crippen MR) is 67.7 cm³/mol. The Balaban J connectivity index is 2.25. The number of nitrogens with zero attached hydrogens (tertiary/aromatic N) is 1. The van der Waals surface area contributed by atoms with Crippen molar-refractivity contribution in [2.45, 2.75) is 38.5 Å². The quantitative estimate of drug-likeness (QED) is 0.729. The van der Waals surface area contributed by atoms with Gasteiger partial charge in [0.25, 0.3) is 0 Å². The van der Waals surface area contributed by atoms with Crippen LogP contribution in [0.25, 0.3) is 10.9 Å². The summed E-state index contributed by atoms with van der Waals surface area (Å²) in [6.07, 6.45) is 7.30. The number of hydrogen-bond donors (Lipinski definition) is 0. The molecule has 1 aromatic heterocycles. The maximum Gasteiger partial charge on any atom is 0.0705 e. The summed E-state index contributed by atoms with van der Waals surface area (Å²) in [5, 5.41) is 1.38. The zero-order valence-electron chi connectivity index (χ0n) is 9.74. The number of fused-ring (bicyclic) bond motifs is 1. The molecule has 0 amide bonds. The molecule has 0 spiro atoms. The monoisotopic (exact) mass is 211 g/mol. The summed E-state index contributed by atoms with van der Waals surface area (Å²) in [6, 6.07) is 8.56. The van der Waals surface area contributed by atoms with Crippen molar-refractivity contribution in [3.63, 3.8) is 0 Å². The number of pyridine rings is 1. The Kier molecular flexibility index (Phi) is 2.39. The average Bonchev–Trinajstić information content (AvgIpc) is 2.27. The third-order valence-electron chi connectivity index (χ3n) is 3.79. The second-order valence-corrected chi connectivity index (χ2v) is 4.70. The second-order valence-electron chi connectivity index (χ2n) is 4.70. The summed E-state index contributed by atoms with van der Waals surface area (Å²) < 4.78 is 0. The van der Waals surface area contributed by atoms with Gasteiger partial charge in [-0.3, -0.25) is 4.98 Å². The van der Waals surface area contributed by atoms with Crippen molar-refractivity contribution in [3.05, 3.63) is 41.6 Å². The zero-order chi connectivity index (χ0) is 11.0. The lowest BCUT2D eigenvalue weighted by atomic mass is 9.77. The van der Waals surface area contributed by atoms with Gasteiger partial charge in [-0.05, 0) is 42.4 Å². The highest BCUT2D eigenvalue weighted by Crippen LogP contribution is 2.41. The van der Waals surface area contributed by atoms with Crippen LogP contribution in [0.5, 0.6) is 0 Å². The van der Waals surface area contributed by atoms with E-state index in [1.165, 1.54) is 30.2 Å². The van der Waals surface area contributed by atoms with Crippen LogP contribution in [0, 0.1) is 0 Å². The van der Waals surface area contributed by atoms with Crippen LogP contribution in [0.3, 0.4) is 0 Å². The highest BCUT2D eigenvalue weighted by Gasteiger charge is 2.23. The van der Waals surface area contributed by atoms with Crippen LogP contribution in [-0.4, -0.2) is 4.98 Å². The van der Waals surface area contributed by atoms with Crippen molar-refractivity contribution in [1.29, 1.82) is 0 Å². The molecule has 1 fully saturated rings. The van der Waals surface area contributed by atoms with Gasteiger partial charge in [0.15, 0.2) is 0 Å². The Bertz CT molecular complexity index is 512. The van der Waals surface area contributed by atoms with E-state index in [0.29, 0.717) is 0 Å². The second kappa shape index (κ2) is 3.89. The molecular weight excluding hydrogens is 194 g/mol. The van der Waals surface area contributed by atoms with E-state index in [0.717, 1.165) is 17.9 Å². The number of benzene rings is 1. The number of rotatable bonds is 2. The Morgan fingerprint density at radius 2 is 2.06 bits per heavy atom. The Hall–Kier alpha value is -1.37. The number of para-hydroxylation sites is 1. The first-order valence-corrected chi connectivity index (χ1v) is 6.26. The lowest BCUT2D eigenvalue weighted by molar-refractivity contribution is 0.420. The summed E-state index contributed by atoms with van der Waals surface area (Å²) in [5.41, 5.74) is 4.18. The molecule has 1 aromatic carbocycles. The minimum Gasteiger partial charge on any atom is -0.256 e. The summed E-state index contributed by atoms with van der Waals surface area (Å²) >= 11 is 0. The first-order chi connectivity index (χ1) is 7.90. The van der Waals surface area contributed by atoms with E-state index < -0.39 is 0 Å². The molecule has 16 heavy (non-hydrogen) atoms. The van der Waals surface area contributed by atoms with Crippen molar-refractivity contribution in [2.24, 2.45) is 0 Å². The minimum absolute atomic E-state index is 0.794. The molecule has 0 radical (unpaired) electrons. The molecule has 2 aromatic rings. The smallest absolute Gasteiger partial charge is 0.0705 e. The van der Waals surface area contributed by atoms with Crippen molar-refractivity contribution >= 4 is 10.9 Å². The van der Waals surface area contributed by atoms with Crippen LogP contribution < -0.4 is 0 Å². The Morgan fingerprint density at radius 1 is 1.25 bits per heavy atom. The Morgan fingerprint density at radius 3 is 2.75 bits per heavy atom. The third-order valence-corrected chi connectivity index (χ3v) is 3.79. The van der Waals surface area contributed by atoms with E-state index in [1.54, 1.807) is 5.56 Å². The first-order valence-electron chi connectivity index (χ1n) is 6.26. The average molecular weight is 211 g/mol. The summed E-state index contributed by atoms with van der Waals surface area (Å²) in [5.74, 6) is 0.794. The molecule has 0 aliphatic heterocycles. The molecule has 1 aliphatic rings. The predicted octanol–water partition coefficient (Wildman–Crippen LogP) is 4.06. The summed E-state index contributed by atoms with van der Waals surface area (Å²) in [6.45, 7) is 2.23. The molecule has 0 saturated heterocycles. The molecule has 1 nitrogen and oxygen atoms in total. The van der Waals surface area contributed by atoms with E-state index in [9.17, 15) is 0 Å². The van der Waals surface area contributed by atoms with Gasteiger partial charge >= 0.3 is 0 Å². The fraction of sp³-hybridized carbons (Fsp3) is 0.400. The normalized spacial score (nSPS) is 16.3. The van der Waals surface area contributed by atoms with Gasteiger partial charge in [0.2, 0.25) is 0 Å². The fourth-order valence-electron chi connectivity index (χ4n) is 2.66. The molecule has 3 rings (SSSR count). The van der Waals surface area contributed by atoms with Crippen LogP contribution in [0.15, 0.2) is 30.5 Å². The van der Waals surface area contributed by atoms with E-state index in [2.05, 4.69) is 42.4 Å². The minimum atomic E-state index is 0.794. The summed E-state index contributed by atoms with van der Waals surface area (Å²) in [7, 11) is 0. The molecule has 0 bridgehead atoms. The van der Waals surface area contributed by atoms with Gasteiger partial charge < -0.3 is 0 Å². The third kappa shape index (κ3) is 1.42. The molecule has 1 heterocycles. The van der Waals surface area contributed by atoms with E-state index in [4.69, 9.17) is 0 Å². The molecule has 1 aliphatic carbocycles. The van der Waals surface area contributed by atoms with Crippen LogP contribution >= 0.6 is 0 Å². The van der Waals surface area contributed by atoms with Gasteiger partial charge in [-0.15, -0.1) is 0 Å². The number of aryl methyl sites for hydroxylation is 1. The zero-order valence-corrected chi connectivity index (χ0v) is 9.74. The van der Waals surface area contributed by atoms with Crippen LogP contribution in [0.4, 0.5) is 0 Å². The van der Waals surface area contributed by atoms with Crippen LogP contribution in [0.2, 0.25) is 0 Å². The van der Waals surface area contributed by atoms with Crippen molar-refractivity contribution < 1.29 is 0 Å². The SMILES string of the molecule is CCc1cnc2ccccc2c1C1CCC1. The molecule has 0 atom stereocenters. The molecule has 0 N–H and O–H groups in total. The number of hydrogen-bond acceptors (Lipinski definition) is 1. The van der Waals surface area contributed by atoms with E-state index >= 15 is 0 Å². The highest BCUT2D eigenvalue weighted by atomic mass is 14.7. The molecule has 1 heteroatoms. The molecule has 0 unspecified atom stereocenters. The van der Waals surface area contributed by atoms with Gasteiger partial charge in [0.1, 0.15) is 0 Å². The first kappa shape index (κ1) is 9.83. The van der Waals surface area contributed by atoms with Crippen LogP contribution in [0.1, 0.15) is 43.2 Å². The van der Waals surface area contributed by atoms with Crippen molar-refractivity contribution in [1.82, 2.24) is 4.98 Å². The van der Waals surface area contributed by atoms with E-state index in [-0.39, 0.29) is 0 Å². The van der Waals surface area contributed by atoms with Gasteiger partial charge in [0, 0.05) is 11.6 Å². The lowest BCUT2D eigenvalue weighted by Gasteiger charge is -2.29. The van der Waals surface area contributed by atoms with Gasteiger partial charge in [0.05, 0.1) is 5.52 Å². The molecular formula is C15H17N. The molecule has 82 valence electrons. The largest absolute Gasteiger partial charge is 0.256 e. The highest BCUT2D eigenvalue weighted by molar-refractivity contribution is 5.83. The van der Waals surface area contributed by atoms with Crippen molar-refractivity contribution in [2.75, 3.05) is 0 Å².